The number of carbonyl (C=O) groups is 1. The molecule has 5 nitrogen and oxygen atoms in total. The molecule has 0 saturated heterocycles. The number of carbonyl (C=O) groups excluding carboxylic acids is 1. The van der Waals surface area contributed by atoms with Gasteiger partial charge in [0, 0.05) is 25.2 Å². The quantitative estimate of drug-likeness (QED) is 0.771. The van der Waals surface area contributed by atoms with Crippen LogP contribution in [0.5, 0.6) is 0 Å². The molecule has 0 fully saturated rings. The molecule has 1 amide bonds. The van der Waals surface area contributed by atoms with E-state index in [-0.39, 0.29) is 16.7 Å². The molecule has 0 unspecified atom stereocenters. The zero-order valence-corrected chi connectivity index (χ0v) is 16.3. The van der Waals surface area contributed by atoms with E-state index in [4.69, 9.17) is 0 Å². The van der Waals surface area contributed by atoms with Gasteiger partial charge in [-0.2, -0.15) is 0 Å². The van der Waals surface area contributed by atoms with Crippen molar-refractivity contribution in [3.05, 3.63) is 65.7 Å². The SMILES string of the molecule is CCN(Cc1ccccc1)C(=O)c1ccc(S(=O)(=O)NCC(C)C)cc1. The Kier molecular flexibility index (Phi) is 6.94. The Hall–Kier alpha value is -2.18. The third-order valence-corrected chi connectivity index (χ3v) is 5.42. The van der Waals surface area contributed by atoms with Crippen LogP contribution < -0.4 is 4.72 Å². The summed E-state index contributed by atoms with van der Waals surface area (Å²) in [6.45, 7) is 7.28. The highest BCUT2D eigenvalue weighted by Gasteiger charge is 2.18. The van der Waals surface area contributed by atoms with Crippen LogP contribution >= 0.6 is 0 Å². The molecule has 2 aromatic carbocycles. The Balaban J connectivity index is 2.12. The Morgan fingerprint density at radius 2 is 1.65 bits per heavy atom. The predicted molar refractivity (Wildman–Crippen MR) is 103 cm³/mol. The van der Waals surface area contributed by atoms with Crippen molar-refractivity contribution >= 4 is 15.9 Å². The van der Waals surface area contributed by atoms with Gasteiger partial charge in [-0.15, -0.1) is 0 Å². The number of amides is 1. The monoisotopic (exact) mass is 374 g/mol. The average molecular weight is 375 g/mol. The fourth-order valence-electron chi connectivity index (χ4n) is 2.45. The first-order valence-corrected chi connectivity index (χ1v) is 10.2. The fourth-order valence-corrected chi connectivity index (χ4v) is 3.66. The second-order valence-electron chi connectivity index (χ2n) is 6.58. The van der Waals surface area contributed by atoms with Crippen LogP contribution in [-0.4, -0.2) is 32.3 Å². The zero-order chi connectivity index (χ0) is 19.2. The molecule has 0 aliphatic rings. The fraction of sp³-hybridized carbons (Fsp3) is 0.350. The van der Waals surface area contributed by atoms with E-state index in [0.717, 1.165) is 5.56 Å². The molecule has 2 rings (SSSR count). The van der Waals surface area contributed by atoms with Crippen LogP contribution in [0.1, 0.15) is 36.7 Å². The standard InChI is InChI=1S/C20H26N2O3S/c1-4-22(15-17-8-6-5-7-9-17)20(23)18-10-12-19(13-11-18)26(24,25)21-14-16(2)3/h5-13,16,21H,4,14-15H2,1-3H3. The molecule has 0 heterocycles. The van der Waals surface area contributed by atoms with E-state index in [2.05, 4.69) is 4.72 Å². The van der Waals surface area contributed by atoms with Gasteiger partial charge in [-0.05, 0) is 42.7 Å². The highest BCUT2D eigenvalue weighted by Crippen LogP contribution is 2.14. The van der Waals surface area contributed by atoms with Gasteiger partial charge in [0.15, 0.2) is 0 Å². The molecule has 26 heavy (non-hydrogen) atoms. The van der Waals surface area contributed by atoms with E-state index < -0.39 is 10.0 Å². The molecule has 6 heteroatoms. The highest BCUT2D eigenvalue weighted by atomic mass is 32.2. The van der Waals surface area contributed by atoms with Gasteiger partial charge in [0.05, 0.1) is 4.90 Å². The first-order chi connectivity index (χ1) is 12.3. The van der Waals surface area contributed by atoms with Gasteiger partial charge in [-0.3, -0.25) is 4.79 Å². The van der Waals surface area contributed by atoms with E-state index in [1.54, 1.807) is 17.0 Å². The molecule has 0 aliphatic heterocycles. The largest absolute Gasteiger partial charge is 0.335 e. The molecule has 0 bridgehead atoms. The second kappa shape index (κ2) is 8.96. The number of rotatable bonds is 8. The average Bonchev–Trinajstić information content (AvgIpc) is 2.65. The van der Waals surface area contributed by atoms with Crippen molar-refractivity contribution in [3.8, 4) is 0 Å². The van der Waals surface area contributed by atoms with Gasteiger partial charge in [0.2, 0.25) is 10.0 Å². The first kappa shape index (κ1) is 20.1. The third-order valence-electron chi connectivity index (χ3n) is 3.98. The zero-order valence-electron chi connectivity index (χ0n) is 15.5. The molecule has 140 valence electrons. The maximum atomic E-state index is 12.7. The summed E-state index contributed by atoms with van der Waals surface area (Å²) in [6.07, 6.45) is 0. The van der Waals surface area contributed by atoms with Crippen molar-refractivity contribution < 1.29 is 13.2 Å². The van der Waals surface area contributed by atoms with Crippen LogP contribution in [0.25, 0.3) is 0 Å². The van der Waals surface area contributed by atoms with Crippen molar-refractivity contribution in [2.24, 2.45) is 5.92 Å². The van der Waals surface area contributed by atoms with E-state index in [9.17, 15) is 13.2 Å². The predicted octanol–water partition coefficient (Wildman–Crippen LogP) is 3.28. The lowest BCUT2D eigenvalue weighted by Gasteiger charge is -2.21. The molecule has 0 aromatic heterocycles. The minimum atomic E-state index is -3.55. The Labute approximate surface area is 156 Å². The van der Waals surface area contributed by atoms with Crippen LogP contribution in [0.2, 0.25) is 0 Å². The summed E-state index contributed by atoms with van der Waals surface area (Å²) in [6, 6.07) is 15.9. The van der Waals surface area contributed by atoms with Crippen molar-refractivity contribution in [1.82, 2.24) is 9.62 Å². The van der Waals surface area contributed by atoms with Crippen LogP contribution in [-0.2, 0) is 16.6 Å². The Morgan fingerprint density at radius 3 is 2.19 bits per heavy atom. The summed E-state index contributed by atoms with van der Waals surface area (Å²) in [5.41, 5.74) is 1.53. The van der Waals surface area contributed by atoms with Gasteiger partial charge < -0.3 is 4.90 Å². The lowest BCUT2D eigenvalue weighted by atomic mass is 10.1. The summed E-state index contributed by atoms with van der Waals surface area (Å²) in [5.74, 6) is 0.108. The molecule has 2 aromatic rings. The molecule has 1 N–H and O–H groups in total. The van der Waals surface area contributed by atoms with Crippen molar-refractivity contribution in [2.45, 2.75) is 32.2 Å². The maximum absolute atomic E-state index is 12.7. The van der Waals surface area contributed by atoms with Crippen LogP contribution in [0.3, 0.4) is 0 Å². The van der Waals surface area contributed by atoms with Crippen molar-refractivity contribution in [3.63, 3.8) is 0 Å². The summed E-state index contributed by atoms with van der Waals surface area (Å²) >= 11 is 0. The van der Waals surface area contributed by atoms with Crippen LogP contribution in [0.15, 0.2) is 59.5 Å². The Bertz CT molecular complexity index is 816. The summed E-state index contributed by atoms with van der Waals surface area (Å²) < 4.78 is 27.1. The number of sulfonamides is 1. The van der Waals surface area contributed by atoms with E-state index >= 15 is 0 Å². The smallest absolute Gasteiger partial charge is 0.254 e. The van der Waals surface area contributed by atoms with Gasteiger partial charge in [-0.25, -0.2) is 13.1 Å². The molecule has 0 aliphatic carbocycles. The Morgan fingerprint density at radius 1 is 1.04 bits per heavy atom. The molecular formula is C20H26N2O3S. The van der Waals surface area contributed by atoms with Crippen LogP contribution in [0, 0.1) is 5.92 Å². The van der Waals surface area contributed by atoms with Crippen molar-refractivity contribution in [2.75, 3.05) is 13.1 Å². The van der Waals surface area contributed by atoms with Gasteiger partial charge >= 0.3 is 0 Å². The molecular weight excluding hydrogens is 348 g/mol. The normalized spacial score (nSPS) is 11.5. The third kappa shape index (κ3) is 5.41. The van der Waals surface area contributed by atoms with Crippen LogP contribution in [0.4, 0.5) is 0 Å². The maximum Gasteiger partial charge on any atom is 0.254 e. The first-order valence-electron chi connectivity index (χ1n) is 8.76. The lowest BCUT2D eigenvalue weighted by molar-refractivity contribution is 0.0752. The number of hydrogen-bond acceptors (Lipinski definition) is 3. The summed E-state index contributed by atoms with van der Waals surface area (Å²) in [7, 11) is -3.55. The minimum absolute atomic E-state index is 0.115. The number of nitrogens with one attached hydrogen (secondary N) is 1. The highest BCUT2D eigenvalue weighted by molar-refractivity contribution is 7.89. The molecule has 0 atom stereocenters. The second-order valence-corrected chi connectivity index (χ2v) is 8.34. The number of nitrogens with zero attached hydrogens (tertiary/aromatic N) is 1. The summed E-state index contributed by atoms with van der Waals surface area (Å²) in [4.78, 5) is 14.6. The molecule has 0 spiro atoms. The van der Waals surface area contributed by atoms with Gasteiger partial charge in [0.25, 0.3) is 5.91 Å². The minimum Gasteiger partial charge on any atom is -0.335 e. The van der Waals surface area contributed by atoms with Crippen molar-refractivity contribution in [1.29, 1.82) is 0 Å². The van der Waals surface area contributed by atoms with Gasteiger partial charge in [0.1, 0.15) is 0 Å². The summed E-state index contributed by atoms with van der Waals surface area (Å²) in [5, 5.41) is 0. The molecule has 0 saturated carbocycles. The molecule has 0 radical (unpaired) electrons. The topological polar surface area (TPSA) is 66.5 Å². The van der Waals surface area contributed by atoms with Gasteiger partial charge in [-0.1, -0.05) is 44.2 Å². The van der Waals surface area contributed by atoms with E-state index in [1.807, 2.05) is 51.1 Å². The number of benzene rings is 2. The van der Waals surface area contributed by atoms with E-state index in [0.29, 0.717) is 25.2 Å². The number of hydrogen-bond donors (Lipinski definition) is 1. The lowest BCUT2D eigenvalue weighted by Crippen LogP contribution is -2.30. The van der Waals surface area contributed by atoms with E-state index in [1.165, 1.54) is 12.1 Å².